The van der Waals surface area contributed by atoms with E-state index in [1.165, 1.54) is 0 Å². The average molecular weight is 203 g/mol. The Hall–Kier alpha value is -2.17. The number of carbonyl (C=O) groups is 1. The molecule has 76 valence electrons. The Balaban J connectivity index is 2.11. The summed E-state index contributed by atoms with van der Waals surface area (Å²) >= 11 is 0. The highest BCUT2D eigenvalue weighted by Gasteiger charge is 2.07. The smallest absolute Gasteiger partial charge is 0.322 e. The van der Waals surface area contributed by atoms with E-state index >= 15 is 0 Å². The van der Waals surface area contributed by atoms with Crippen LogP contribution in [-0.2, 0) is 0 Å². The van der Waals surface area contributed by atoms with E-state index in [0.29, 0.717) is 5.56 Å². The molecular formula is C10H9N3O2. The van der Waals surface area contributed by atoms with Crippen LogP contribution in [0.4, 0.5) is 6.01 Å². The van der Waals surface area contributed by atoms with Crippen molar-refractivity contribution >= 4 is 11.9 Å². The molecule has 1 aromatic carbocycles. The fraction of sp³-hybridized carbons (Fsp3) is 0.100. The number of amides is 1. The molecule has 2 rings (SSSR count). The van der Waals surface area contributed by atoms with Crippen LogP contribution < -0.4 is 5.32 Å². The summed E-state index contributed by atoms with van der Waals surface area (Å²) in [6.07, 6.45) is 1.16. The van der Waals surface area contributed by atoms with Crippen molar-refractivity contribution in [2.75, 3.05) is 5.32 Å². The van der Waals surface area contributed by atoms with Gasteiger partial charge in [0, 0.05) is 5.56 Å². The lowest BCUT2D eigenvalue weighted by Gasteiger charge is -2.00. The maximum Gasteiger partial charge on any atom is 0.322 e. The van der Waals surface area contributed by atoms with Crippen molar-refractivity contribution in [1.82, 2.24) is 10.2 Å². The van der Waals surface area contributed by atoms with Crippen molar-refractivity contribution in [2.24, 2.45) is 0 Å². The molecule has 0 radical (unpaired) electrons. The van der Waals surface area contributed by atoms with Gasteiger partial charge in [0.15, 0.2) is 0 Å². The zero-order valence-corrected chi connectivity index (χ0v) is 8.10. The number of hydrogen-bond acceptors (Lipinski definition) is 4. The van der Waals surface area contributed by atoms with Crippen molar-refractivity contribution in [2.45, 2.75) is 6.92 Å². The maximum atomic E-state index is 11.6. The molecule has 0 aliphatic rings. The zero-order valence-electron chi connectivity index (χ0n) is 8.10. The van der Waals surface area contributed by atoms with Crippen molar-refractivity contribution in [3.8, 4) is 0 Å². The first-order valence-electron chi connectivity index (χ1n) is 4.40. The van der Waals surface area contributed by atoms with Crippen LogP contribution in [0.3, 0.4) is 0 Å². The summed E-state index contributed by atoms with van der Waals surface area (Å²) in [5.74, 6) is -0.265. The minimum Gasteiger partial charge on any atom is -0.411 e. The van der Waals surface area contributed by atoms with Crippen LogP contribution in [0, 0.1) is 6.92 Å². The Labute approximate surface area is 86.1 Å². The monoisotopic (exact) mass is 203 g/mol. The largest absolute Gasteiger partial charge is 0.411 e. The van der Waals surface area contributed by atoms with Crippen molar-refractivity contribution in [3.05, 3.63) is 41.8 Å². The molecule has 1 heterocycles. The minimum atomic E-state index is -0.265. The Morgan fingerprint density at radius 2 is 2.07 bits per heavy atom. The van der Waals surface area contributed by atoms with Crippen LogP contribution in [0.2, 0.25) is 0 Å². The first-order chi connectivity index (χ1) is 7.25. The summed E-state index contributed by atoms with van der Waals surface area (Å²) in [6, 6.07) is 7.30. The van der Waals surface area contributed by atoms with Crippen LogP contribution in [0.15, 0.2) is 35.1 Å². The van der Waals surface area contributed by atoms with E-state index in [2.05, 4.69) is 15.5 Å². The molecule has 0 aliphatic carbocycles. The second kappa shape index (κ2) is 3.91. The lowest BCUT2D eigenvalue weighted by atomic mass is 10.1. The standard InChI is InChI=1S/C10H9N3O2/c1-7-2-4-8(5-3-7)9(14)12-10-13-11-6-15-10/h2-6H,1H3,(H,12,13,14). The molecule has 15 heavy (non-hydrogen) atoms. The molecule has 5 heteroatoms. The average Bonchev–Trinajstić information content (AvgIpc) is 2.71. The van der Waals surface area contributed by atoms with E-state index in [-0.39, 0.29) is 11.9 Å². The van der Waals surface area contributed by atoms with Gasteiger partial charge in [0.2, 0.25) is 6.39 Å². The van der Waals surface area contributed by atoms with Crippen LogP contribution in [-0.4, -0.2) is 16.1 Å². The zero-order chi connectivity index (χ0) is 10.7. The third-order valence-electron chi connectivity index (χ3n) is 1.89. The molecule has 0 saturated heterocycles. The van der Waals surface area contributed by atoms with Gasteiger partial charge in [-0.05, 0) is 19.1 Å². The Kier molecular flexibility index (Phi) is 2.45. The number of anilines is 1. The SMILES string of the molecule is Cc1ccc(C(=O)Nc2nnco2)cc1. The van der Waals surface area contributed by atoms with Gasteiger partial charge in [-0.2, -0.15) is 0 Å². The molecule has 0 saturated carbocycles. The predicted octanol–water partition coefficient (Wildman–Crippen LogP) is 1.63. The quantitative estimate of drug-likeness (QED) is 0.805. The highest BCUT2D eigenvalue weighted by Crippen LogP contribution is 2.06. The number of rotatable bonds is 2. The maximum absolute atomic E-state index is 11.6. The molecule has 0 atom stereocenters. The van der Waals surface area contributed by atoms with Gasteiger partial charge in [-0.15, -0.1) is 5.10 Å². The van der Waals surface area contributed by atoms with Gasteiger partial charge in [0.05, 0.1) is 0 Å². The van der Waals surface area contributed by atoms with Gasteiger partial charge in [-0.25, -0.2) is 0 Å². The number of hydrogen-bond donors (Lipinski definition) is 1. The van der Waals surface area contributed by atoms with Crippen molar-refractivity contribution in [1.29, 1.82) is 0 Å². The van der Waals surface area contributed by atoms with Gasteiger partial charge in [-0.3, -0.25) is 10.1 Å². The topological polar surface area (TPSA) is 68.0 Å². The lowest BCUT2D eigenvalue weighted by molar-refractivity contribution is 0.102. The van der Waals surface area contributed by atoms with Gasteiger partial charge in [0.25, 0.3) is 5.91 Å². The third kappa shape index (κ3) is 2.19. The predicted molar refractivity (Wildman–Crippen MR) is 53.4 cm³/mol. The van der Waals surface area contributed by atoms with E-state index in [1.54, 1.807) is 12.1 Å². The van der Waals surface area contributed by atoms with Crippen molar-refractivity contribution < 1.29 is 9.21 Å². The molecule has 0 fully saturated rings. The van der Waals surface area contributed by atoms with E-state index in [1.807, 2.05) is 19.1 Å². The van der Waals surface area contributed by atoms with E-state index in [4.69, 9.17) is 4.42 Å². The van der Waals surface area contributed by atoms with Gasteiger partial charge in [0.1, 0.15) is 0 Å². The first kappa shape index (κ1) is 9.39. The summed E-state index contributed by atoms with van der Waals surface area (Å²) in [4.78, 5) is 11.6. The molecule has 1 aromatic heterocycles. The highest BCUT2D eigenvalue weighted by atomic mass is 16.4. The summed E-state index contributed by atoms with van der Waals surface area (Å²) in [7, 11) is 0. The molecule has 0 unspecified atom stereocenters. The molecule has 1 N–H and O–H groups in total. The van der Waals surface area contributed by atoms with Crippen LogP contribution >= 0.6 is 0 Å². The molecule has 5 nitrogen and oxygen atoms in total. The number of carbonyl (C=O) groups excluding carboxylic acids is 1. The van der Waals surface area contributed by atoms with Gasteiger partial charge in [-0.1, -0.05) is 22.8 Å². The summed E-state index contributed by atoms with van der Waals surface area (Å²) in [5.41, 5.74) is 1.66. The van der Waals surface area contributed by atoms with Crippen molar-refractivity contribution in [3.63, 3.8) is 0 Å². The summed E-state index contributed by atoms with van der Waals surface area (Å²) in [6.45, 7) is 1.96. The molecule has 0 aliphatic heterocycles. The Morgan fingerprint density at radius 1 is 1.33 bits per heavy atom. The fourth-order valence-corrected chi connectivity index (χ4v) is 1.10. The molecule has 0 bridgehead atoms. The summed E-state index contributed by atoms with van der Waals surface area (Å²) < 4.78 is 4.80. The van der Waals surface area contributed by atoms with Crippen LogP contribution in [0.1, 0.15) is 15.9 Å². The fourth-order valence-electron chi connectivity index (χ4n) is 1.10. The number of nitrogens with zero attached hydrogens (tertiary/aromatic N) is 2. The molecule has 2 aromatic rings. The Bertz CT molecular complexity index is 448. The number of benzene rings is 1. The van der Waals surface area contributed by atoms with Gasteiger partial charge < -0.3 is 4.42 Å². The normalized spacial score (nSPS) is 9.93. The molecule has 1 amide bonds. The minimum absolute atomic E-state index is 0.0978. The first-order valence-corrected chi connectivity index (χ1v) is 4.40. The number of aromatic nitrogens is 2. The molecule has 0 spiro atoms. The Morgan fingerprint density at radius 3 is 2.67 bits per heavy atom. The third-order valence-corrected chi connectivity index (χ3v) is 1.89. The second-order valence-corrected chi connectivity index (χ2v) is 3.06. The number of aryl methyl sites for hydroxylation is 1. The van der Waals surface area contributed by atoms with E-state index in [9.17, 15) is 4.79 Å². The highest BCUT2D eigenvalue weighted by molar-refractivity contribution is 6.03. The molecular weight excluding hydrogens is 194 g/mol. The van der Waals surface area contributed by atoms with E-state index < -0.39 is 0 Å². The van der Waals surface area contributed by atoms with E-state index in [0.717, 1.165) is 12.0 Å². The second-order valence-electron chi connectivity index (χ2n) is 3.06. The van der Waals surface area contributed by atoms with Crippen LogP contribution in [0.5, 0.6) is 0 Å². The van der Waals surface area contributed by atoms with Gasteiger partial charge >= 0.3 is 6.01 Å². The number of nitrogens with one attached hydrogen (secondary N) is 1. The lowest BCUT2D eigenvalue weighted by Crippen LogP contribution is -2.11. The van der Waals surface area contributed by atoms with Crippen LogP contribution in [0.25, 0.3) is 0 Å². The summed E-state index contributed by atoms with van der Waals surface area (Å²) in [5, 5.41) is 9.48.